The van der Waals surface area contributed by atoms with Gasteiger partial charge in [-0.3, -0.25) is 9.13 Å². The molecule has 0 heterocycles. The molecule has 0 radical (unpaired) electrons. The van der Waals surface area contributed by atoms with E-state index in [0.29, 0.717) is 18.7 Å². The maximum Gasteiger partial charge on any atom is 0.204 e. The summed E-state index contributed by atoms with van der Waals surface area (Å²) in [4.78, 5) is 20.6. The van der Waals surface area contributed by atoms with Crippen molar-refractivity contribution in [1.29, 1.82) is 0 Å². The summed E-state index contributed by atoms with van der Waals surface area (Å²) >= 11 is 0. The van der Waals surface area contributed by atoms with Gasteiger partial charge in [0.2, 0.25) is 14.7 Å². The number of unbranched alkanes of at least 4 members (excludes halogenated alkanes) is 5. The molecule has 0 aliphatic rings. The third-order valence-corrected chi connectivity index (χ3v) is 9.00. The Morgan fingerprint density at radius 3 is 1.77 bits per heavy atom. The van der Waals surface area contributed by atoms with E-state index in [0.717, 1.165) is 51.4 Å². The van der Waals surface area contributed by atoms with Gasteiger partial charge in [0.1, 0.15) is 0 Å². The van der Waals surface area contributed by atoms with Crippen molar-refractivity contribution in [2.45, 2.75) is 84.2 Å². The van der Waals surface area contributed by atoms with Crippen LogP contribution in [0.2, 0.25) is 0 Å². The van der Waals surface area contributed by atoms with Gasteiger partial charge in [-0.15, -0.1) is 0 Å². The van der Waals surface area contributed by atoms with Gasteiger partial charge >= 0.3 is 0 Å². The van der Waals surface area contributed by atoms with Crippen molar-refractivity contribution in [3.05, 3.63) is 0 Å². The molecule has 3 unspecified atom stereocenters. The molecule has 134 valence electrons. The van der Waals surface area contributed by atoms with E-state index in [9.17, 15) is 18.9 Å². The molecule has 0 aromatic rings. The monoisotopic (exact) mass is 354 g/mol. The number of hydrogen-bond acceptors (Lipinski definition) is 2. The van der Waals surface area contributed by atoms with Gasteiger partial charge in [0.05, 0.1) is 0 Å². The minimum Gasteiger partial charge on any atom is -0.344 e. The highest BCUT2D eigenvalue weighted by atomic mass is 31.2. The van der Waals surface area contributed by atoms with E-state index in [-0.39, 0.29) is 6.16 Å². The molecule has 0 aliphatic heterocycles. The van der Waals surface area contributed by atoms with Crippen LogP contribution in [0, 0.1) is 0 Å². The van der Waals surface area contributed by atoms with Gasteiger partial charge in [-0.25, -0.2) is 0 Å². The van der Waals surface area contributed by atoms with Crippen LogP contribution in [0.5, 0.6) is 0 Å². The lowest BCUT2D eigenvalue weighted by molar-refractivity contribution is 0.443. The van der Waals surface area contributed by atoms with Crippen LogP contribution >= 0.6 is 14.7 Å². The molecule has 0 saturated carbocycles. The van der Waals surface area contributed by atoms with Gasteiger partial charge in [0, 0.05) is 24.1 Å². The second kappa shape index (κ2) is 11.8. The van der Waals surface area contributed by atoms with Crippen LogP contribution in [0.25, 0.3) is 0 Å². The van der Waals surface area contributed by atoms with Crippen molar-refractivity contribution in [3.8, 4) is 0 Å². The molecule has 0 aromatic carbocycles. The predicted molar refractivity (Wildman–Crippen MR) is 96.6 cm³/mol. The zero-order chi connectivity index (χ0) is 17.1. The van der Waals surface area contributed by atoms with Crippen LogP contribution in [0.3, 0.4) is 0 Å². The Kier molecular flexibility index (Phi) is 12.0. The van der Waals surface area contributed by atoms with Crippen LogP contribution < -0.4 is 0 Å². The summed E-state index contributed by atoms with van der Waals surface area (Å²) in [6.07, 6.45) is 8.36. The fourth-order valence-corrected chi connectivity index (χ4v) is 7.82. The molecule has 0 aliphatic carbocycles. The average Bonchev–Trinajstić information content (AvgIpc) is 2.43. The second-order valence-electron chi connectivity index (χ2n) is 6.44. The van der Waals surface area contributed by atoms with Crippen molar-refractivity contribution in [1.82, 2.24) is 0 Å². The van der Waals surface area contributed by atoms with E-state index in [1.54, 1.807) is 0 Å². The Bertz CT molecular complexity index is 371. The third kappa shape index (κ3) is 10.2. The van der Waals surface area contributed by atoms with Crippen LogP contribution in [0.1, 0.15) is 78.6 Å². The van der Waals surface area contributed by atoms with E-state index in [1.165, 1.54) is 0 Å². The summed E-state index contributed by atoms with van der Waals surface area (Å²) in [5.74, 6) is 0. The van der Waals surface area contributed by atoms with Crippen molar-refractivity contribution in [2.24, 2.45) is 0 Å². The molecule has 4 nitrogen and oxygen atoms in total. The molecule has 6 heteroatoms. The summed E-state index contributed by atoms with van der Waals surface area (Å²) in [5.41, 5.74) is -0.498. The zero-order valence-corrected chi connectivity index (χ0v) is 16.5. The highest BCUT2D eigenvalue weighted by molar-refractivity contribution is 7.62. The Morgan fingerprint density at radius 2 is 1.27 bits per heavy atom. The van der Waals surface area contributed by atoms with Gasteiger partial charge in [0.25, 0.3) is 0 Å². The van der Waals surface area contributed by atoms with E-state index in [4.69, 9.17) is 0 Å². The number of hydrogen-bond donors (Lipinski definition) is 2. The lowest BCUT2D eigenvalue weighted by atomic mass is 10.2. The molecule has 22 heavy (non-hydrogen) atoms. The quantitative estimate of drug-likeness (QED) is 0.320. The lowest BCUT2D eigenvalue weighted by Gasteiger charge is -2.25. The fraction of sp³-hybridized carbons (Fsp3) is 1.00. The summed E-state index contributed by atoms with van der Waals surface area (Å²) in [6.45, 7) is 6.16. The molecule has 0 aromatic heterocycles. The molecule has 0 bridgehead atoms. The topological polar surface area (TPSA) is 74.6 Å². The molecule has 0 fully saturated rings. The summed E-state index contributed by atoms with van der Waals surface area (Å²) in [5, 5.41) is 0. The van der Waals surface area contributed by atoms with E-state index in [2.05, 4.69) is 13.8 Å². The zero-order valence-electron chi connectivity index (χ0n) is 14.7. The molecular formula is C16H36O4P2. The molecule has 0 spiro atoms. The van der Waals surface area contributed by atoms with Crippen LogP contribution in [0.15, 0.2) is 0 Å². The highest BCUT2D eigenvalue weighted by Crippen LogP contribution is 2.55. The first-order valence-electron chi connectivity index (χ1n) is 8.91. The Morgan fingerprint density at radius 1 is 0.773 bits per heavy atom. The highest BCUT2D eigenvalue weighted by Gasteiger charge is 2.35. The lowest BCUT2D eigenvalue weighted by Crippen LogP contribution is -2.17. The Hall–Kier alpha value is 0.380. The van der Waals surface area contributed by atoms with Gasteiger partial charge in [-0.05, 0) is 19.3 Å². The average molecular weight is 354 g/mol. The normalized spacial score (nSPS) is 18.6. The fourth-order valence-electron chi connectivity index (χ4n) is 2.66. The molecule has 0 saturated heterocycles. The van der Waals surface area contributed by atoms with Crippen molar-refractivity contribution in [2.75, 3.05) is 18.5 Å². The van der Waals surface area contributed by atoms with Gasteiger partial charge in [0.15, 0.2) is 0 Å². The van der Waals surface area contributed by atoms with Gasteiger partial charge in [-0.2, -0.15) is 0 Å². The molecule has 0 rings (SSSR count). The summed E-state index contributed by atoms with van der Waals surface area (Å²) in [6, 6.07) is 0. The summed E-state index contributed by atoms with van der Waals surface area (Å²) < 4.78 is 25.0. The van der Waals surface area contributed by atoms with Crippen molar-refractivity contribution < 1.29 is 18.9 Å². The van der Waals surface area contributed by atoms with Crippen molar-refractivity contribution in [3.63, 3.8) is 0 Å². The van der Waals surface area contributed by atoms with Crippen LogP contribution in [-0.4, -0.2) is 33.9 Å². The van der Waals surface area contributed by atoms with Crippen LogP contribution in [0.4, 0.5) is 0 Å². The van der Waals surface area contributed by atoms with E-state index in [1.807, 2.05) is 6.92 Å². The van der Waals surface area contributed by atoms with Crippen LogP contribution in [-0.2, 0) is 9.13 Å². The first-order valence-corrected chi connectivity index (χ1v) is 12.9. The first kappa shape index (κ1) is 22.4. The van der Waals surface area contributed by atoms with E-state index >= 15 is 0 Å². The first-order chi connectivity index (χ1) is 10.3. The molecular weight excluding hydrogens is 318 g/mol. The molecule has 0 amide bonds. The SMILES string of the molecule is CCCCCP(=O)(O)CC(CCCC)P(=O)(O)CCCCC. The Labute approximate surface area is 137 Å². The maximum absolute atomic E-state index is 12.6. The van der Waals surface area contributed by atoms with Gasteiger partial charge < -0.3 is 9.79 Å². The second-order valence-corrected chi connectivity index (χ2v) is 11.6. The Balaban J connectivity index is 4.73. The predicted octanol–water partition coefficient (Wildman–Crippen LogP) is 5.47. The number of rotatable bonds is 14. The minimum atomic E-state index is -3.33. The third-order valence-electron chi connectivity index (χ3n) is 4.15. The maximum atomic E-state index is 12.6. The largest absolute Gasteiger partial charge is 0.344 e. The van der Waals surface area contributed by atoms with Gasteiger partial charge in [-0.1, -0.05) is 59.3 Å². The molecule has 3 atom stereocenters. The van der Waals surface area contributed by atoms with E-state index < -0.39 is 20.4 Å². The summed E-state index contributed by atoms with van der Waals surface area (Å²) in [7, 11) is -6.62. The van der Waals surface area contributed by atoms with Crippen molar-refractivity contribution >= 4 is 14.7 Å². The molecule has 2 N–H and O–H groups in total. The minimum absolute atomic E-state index is 0.0244. The standard InChI is InChI=1S/C16H36O4P2/c1-4-7-10-13-21(17,18)15-16(12-9-6-3)22(19,20)14-11-8-5-2/h16H,4-15H2,1-3H3,(H,17,18)(H,19,20). The smallest absolute Gasteiger partial charge is 0.204 e.